The number of aromatic nitrogens is 3. The Morgan fingerprint density at radius 1 is 1.45 bits per heavy atom. The van der Waals surface area contributed by atoms with Crippen LogP contribution in [0.1, 0.15) is 11.3 Å². The zero-order chi connectivity index (χ0) is 16.1. The lowest BCUT2D eigenvalue weighted by molar-refractivity contribution is -0.120. The van der Waals surface area contributed by atoms with Crippen LogP contribution < -0.4 is 21.3 Å². The highest BCUT2D eigenvalue weighted by Gasteiger charge is 2.10. The quantitative estimate of drug-likeness (QED) is 0.762. The van der Waals surface area contributed by atoms with Crippen LogP contribution in [0.4, 0.5) is 0 Å². The second-order valence-electron chi connectivity index (χ2n) is 4.62. The van der Waals surface area contributed by atoms with Crippen molar-refractivity contribution in [2.75, 3.05) is 7.11 Å². The van der Waals surface area contributed by atoms with Crippen LogP contribution in [0.15, 0.2) is 34.1 Å². The Morgan fingerprint density at radius 3 is 2.95 bits per heavy atom. The highest BCUT2D eigenvalue weighted by Crippen LogP contribution is 2.09. The maximum Gasteiger partial charge on any atom is 0.328 e. The molecule has 2 aromatic heterocycles. The third-order valence-corrected chi connectivity index (χ3v) is 3.10. The molecule has 0 bridgehead atoms. The summed E-state index contributed by atoms with van der Waals surface area (Å²) in [5, 5.41) is 2.66. The van der Waals surface area contributed by atoms with Crippen molar-refractivity contribution in [3.63, 3.8) is 0 Å². The van der Waals surface area contributed by atoms with Crippen molar-refractivity contribution >= 4 is 5.91 Å². The maximum atomic E-state index is 11.9. The average molecular weight is 304 g/mol. The highest BCUT2D eigenvalue weighted by molar-refractivity contribution is 5.78. The zero-order valence-electron chi connectivity index (χ0n) is 12.3. The van der Waals surface area contributed by atoms with Gasteiger partial charge in [-0.05, 0) is 6.07 Å². The minimum Gasteiger partial charge on any atom is -0.497 e. The van der Waals surface area contributed by atoms with E-state index >= 15 is 0 Å². The van der Waals surface area contributed by atoms with Crippen molar-refractivity contribution in [2.45, 2.75) is 13.0 Å². The van der Waals surface area contributed by atoms with Crippen LogP contribution in [0.25, 0.3) is 0 Å². The summed E-state index contributed by atoms with van der Waals surface area (Å²) < 4.78 is 5.99. The van der Waals surface area contributed by atoms with Crippen molar-refractivity contribution in [1.29, 1.82) is 0 Å². The molecule has 0 fully saturated rings. The summed E-state index contributed by atoms with van der Waals surface area (Å²) in [6, 6.07) is 3.41. The van der Waals surface area contributed by atoms with Crippen molar-refractivity contribution in [3.8, 4) is 5.75 Å². The molecule has 0 spiro atoms. The fraction of sp³-hybridized carbons (Fsp3) is 0.286. The summed E-state index contributed by atoms with van der Waals surface area (Å²) in [6.45, 7) is 0.222. The first-order valence-corrected chi connectivity index (χ1v) is 6.54. The van der Waals surface area contributed by atoms with E-state index in [1.807, 2.05) is 0 Å². The number of nitrogens with zero attached hydrogens (tertiary/aromatic N) is 2. The predicted molar refractivity (Wildman–Crippen MR) is 78.6 cm³/mol. The van der Waals surface area contributed by atoms with E-state index in [0.717, 1.165) is 4.57 Å². The first-order valence-electron chi connectivity index (χ1n) is 6.54. The molecule has 0 unspecified atom stereocenters. The average Bonchev–Trinajstić information content (AvgIpc) is 2.54. The van der Waals surface area contributed by atoms with Crippen LogP contribution in [0.2, 0.25) is 0 Å². The van der Waals surface area contributed by atoms with Gasteiger partial charge in [0.1, 0.15) is 5.75 Å². The van der Waals surface area contributed by atoms with Gasteiger partial charge in [0.25, 0.3) is 5.56 Å². The fourth-order valence-corrected chi connectivity index (χ4v) is 1.85. The fourth-order valence-electron chi connectivity index (χ4n) is 1.85. The number of ether oxygens (including phenoxy) is 1. The molecule has 116 valence electrons. The van der Waals surface area contributed by atoms with E-state index < -0.39 is 11.2 Å². The Balaban J connectivity index is 2.00. The standard InChI is InChI=1S/C14H16N4O4/c1-18-13(20)9(7-17-14(18)21)5-12(19)16-8-10-6-11(22-2)3-4-15-10/h3-4,6-7H,5,8H2,1-2H3,(H,16,19)(H,17,21). The van der Waals surface area contributed by atoms with Gasteiger partial charge in [-0.15, -0.1) is 0 Å². The molecule has 0 aliphatic rings. The molecule has 0 atom stereocenters. The molecule has 0 aliphatic heterocycles. The summed E-state index contributed by atoms with van der Waals surface area (Å²) in [4.78, 5) is 41.4. The Morgan fingerprint density at radius 2 is 2.23 bits per heavy atom. The third-order valence-electron chi connectivity index (χ3n) is 3.10. The van der Waals surface area contributed by atoms with E-state index in [9.17, 15) is 14.4 Å². The third kappa shape index (κ3) is 3.60. The molecule has 0 aromatic carbocycles. The van der Waals surface area contributed by atoms with E-state index in [-0.39, 0.29) is 24.4 Å². The molecule has 0 aliphatic carbocycles. The van der Waals surface area contributed by atoms with E-state index in [1.54, 1.807) is 25.4 Å². The number of rotatable bonds is 5. The highest BCUT2D eigenvalue weighted by atomic mass is 16.5. The molecule has 2 aromatic rings. The van der Waals surface area contributed by atoms with Gasteiger partial charge in [0.15, 0.2) is 0 Å². The van der Waals surface area contributed by atoms with E-state index in [0.29, 0.717) is 11.4 Å². The minimum absolute atomic E-state index is 0.118. The Hall–Kier alpha value is -2.90. The first kappa shape index (κ1) is 15.5. The second kappa shape index (κ2) is 6.70. The number of carbonyl (C=O) groups excluding carboxylic acids is 1. The Bertz CT molecular complexity index is 794. The Labute approximate surface area is 125 Å². The summed E-state index contributed by atoms with van der Waals surface area (Å²) in [6.07, 6.45) is 2.72. The molecule has 22 heavy (non-hydrogen) atoms. The number of methoxy groups -OCH3 is 1. The number of H-pyrrole nitrogens is 1. The molecule has 0 radical (unpaired) electrons. The predicted octanol–water partition coefficient (Wildman–Crippen LogP) is -0.664. The molecule has 2 rings (SSSR count). The molecule has 8 heteroatoms. The van der Waals surface area contributed by atoms with Gasteiger partial charge < -0.3 is 15.0 Å². The van der Waals surface area contributed by atoms with E-state index in [2.05, 4.69) is 15.3 Å². The molecule has 2 N–H and O–H groups in total. The van der Waals surface area contributed by atoms with Crippen molar-refractivity contribution < 1.29 is 9.53 Å². The van der Waals surface area contributed by atoms with Gasteiger partial charge in [0.05, 0.1) is 25.8 Å². The lowest BCUT2D eigenvalue weighted by Crippen LogP contribution is -2.36. The van der Waals surface area contributed by atoms with Gasteiger partial charge in [0.2, 0.25) is 5.91 Å². The van der Waals surface area contributed by atoms with Gasteiger partial charge in [-0.1, -0.05) is 0 Å². The first-order chi connectivity index (χ1) is 10.5. The topological polar surface area (TPSA) is 106 Å². The number of nitrogens with one attached hydrogen (secondary N) is 2. The second-order valence-corrected chi connectivity index (χ2v) is 4.62. The van der Waals surface area contributed by atoms with Gasteiger partial charge in [0, 0.05) is 31.1 Å². The van der Waals surface area contributed by atoms with Gasteiger partial charge in [-0.2, -0.15) is 0 Å². The number of carbonyl (C=O) groups is 1. The normalized spacial score (nSPS) is 10.3. The summed E-state index contributed by atoms with van der Waals surface area (Å²) in [5.41, 5.74) is -0.145. The van der Waals surface area contributed by atoms with E-state index in [1.165, 1.54) is 13.2 Å². The summed E-state index contributed by atoms with van der Waals surface area (Å²) in [7, 11) is 2.90. The van der Waals surface area contributed by atoms with Crippen molar-refractivity contribution in [2.24, 2.45) is 7.05 Å². The van der Waals surface area contributed by atoms with Crippen LogP contribution in [0.5, 0.6) is 5.75 Å². The van der Waals surface area contributed by atoms with E-state index in [4.69, 9.17) is 4.74 Å². The molecule has 0 saturated heterocycles. The number of pyridine rings is 1. The molecule has 0 saturated carbocycles. The zero-order valence-corrected chi connectivity index (χ0v) is 12.3. The van der Waals surface area contributed by atoms with Crippen LogP contribution in [0.3, 0.4) is 0 Å². The van der Waals surface area contributed by atoms with Gasteiger partial charge in [-0.25, -0.2) is 4.79 Å². The largest absolute Gasteiger partial charge is 0.497 e. The monoisotopic (exact) mass is 304 g/mol. The van der Waals surface area contributed by atoms with Crippen LogP contribution in [0, 0.1) is 0 Å². The lowest BCUT2D eigenvalue weighted by Gasteiger charge is -2.06. The van der Waals surface area contributed by atoms with Crippen molar-refractivity contribution in [1.82, 2.24) is 19.9 Å². The number of hydrogen-bond donors (Lipinski definition) is 2. The van der Waals surface area contributed by atoms with Crippen molar-refractivity contribution in [3.05, 3.63) is 56.6 Å². The number of hydrogen-bond acceptors (Lipinski definition) is 5. The number of amides is 1. The molecule has 2 heterocycles. The van der Waals surface area contributed by atoms with Crippen LogP contribution >= 0.6 is 0 Å². The lowest BCUT2D eigenvalue weighted by atomic mass is 10.2. The number of aromatic amines is 1. The smallest absolute Gasteiger partial charge is 0.328 e. The molecular formula is C14H16N4O4. The summed E-state index contributed by atoms with van der Waals surface area (Å²) >= 11 is 0. The van der Waals surface area contributed by atoms with Gasteiger partial charge in [-0.3, -0.25) is 19.1 Å². The van der Waals surface area contributed by atoms with Crippen LogP contribution in [-0.2, 0) is 24.8 Å². The van der Waals surface area contributed by atoms with Crippen LogP contribution in [-0.4, -0.2) is 27.6 Å². The molecule has 1 amide bonds. The molecule has 8 nitrogen and oxygen atoms in total. The van der Waals surface area contributed by atoms with Gasteiger partial charge >= 0.3 is 5.69 Å². The minimum atomic E-state index is -0.519. The summed E-state index contributed by atoms with van der Waals surface area (Å²) in [5.74, 6) is 0.308. The SMILES string of the molecule is COc1ccnc(CNC(=O)Cc2c[nH]c(=O)n(C)c2=O)c1. The molecular weight excluding hydrogens is 288 g/mol. The Kier molecular flexibility index (Phi) is 4.72. The maximum absolute atomic E-state index is 11.9.